The molecule has 0 N–H and O–H groups in total. The number of hydrogen-bond acceptors (Lipinski definition) is 4. The molecular formula is C23H20N2O2S. The standard InChI is InChI=1S/C23H20N2O2S/c1-24-20-10-4-5-11-21(20)28-22(24)12-6-7-17-13-15-25(16-14-23(26)27)19-9-3-2-8-18(17)19/h2-13,15H,14,16H2,1H3. The van der Waals surface area contributed by atoms with Gasteiger partial charge in [0, 0.05) is 36.5 Å². The van der Waals surface area contributed by atoms with Crippen molar-refractivity contribution in [3.8, 4) is 0 Å². The number of thioether (sulfide) groups is 1. The van der Waals surface area contributed by atoms with Crippen molar-refractivity contribution in [2.45, 2.75) is 17.9 Å². The van der Waals surface area contributed by atoms with Crippen LogP contribution in [0.3, 0.4) is 0 Å². The molecule has 0 saturated heterocycles. The third-order valence-corrected chi connectivity index (χ3v) is 5.99. The van der Waals surface area contributed by atoms with Crippen LogP contribution in [0.25, 0.3) is 17.0 Å². The topological polar surface area (TPSA) is 47.2 Å². The minimum atomic E-state index is -1.04. The average molecular weight is 388 g/mol. The summed E-state index contributed by atoms with van der Waals surface area (Å²) in [5.74, 6) is -1.04. The SMILES string of the molecule is CN1/C(=C\C=C\c2cc[n+](CCC(=O)[O-])c3ccccc23)Sc2ccccc21. The van der Waals surface area contributed by atoms with Crippen molar-refractivity contribution in [1.82, 2.24) is 0 Å². The van der Waals surface area contributed by atoms with Crippen LogP contribution in [-0.4, -0.2) is 13.0 Å². The van der Waals surface area contributed by atoms with Crippen LogP contribution in [0.4, 0.5) is 5.69 Å². The van der Waals surface area contributed by atoms with Crippen LogP contribution in [0.1, 0.15) is 12.0 Å². The number of hydrogen-bond donors (Lipinski definition) is 0. The maximum atomic E-state index is 10.8. The quantitative estimate of drug-likeness (QED) is 0.629. The van der Waals surface area contributed by atoms with E-state index in [0.29, 0.717) is 6.54 Å². The molecule has 0 bridgehead atoms. The minimum absolute atomic E-state index is 0.0000614. The molecule has 2 aromatic carbocycles. The van der Waals surface area contributed by atoms with Crippen LogP contribution in [0.5, 0.6) is 0 Å². The summed E-state index contributed by atoms with van der Waals surface area (Å²) in [5.41, 5.74) is 3.34. The van der Waals surface area contributed by atoms with E-state index in [0.717, 1.165) is 16.5 Å². The Kier molecular flexibility index (Phi) is 5.17. The first-order valence-electron chi connectivity index (χ1n) is 9.13. The molecule has 0 amide bonds. The molecule has 4 rings (SSSR count). The van der Waals surface area contributed by atoms with Crippen LogP contribution >= 0.6 is 11.8 Å². The summed E-state index contributed by atoms with van der Waals surface area (Å²) in [4.78, 5) is 14.3. The van der Waals surface area contributed by atoms with Crippen LogP contribution < -0.4 is 14.6 Å². The van der Waals surface area contributed by atoms with Crippen LogP contribution in [0.2, 0.25) is 0 Å². The predicted molar refractivity (Wildman–Crippen MR) is 112 cm³/mol. The molecule has 0 aliphatic carbocycles. The summed E-state index contributed by atoms with van der Waals surface area (Å²) in [6, 6.07) is 18.4. The Balaban J connectivity index is 1.60. The predicted octanol–water partition coefficient (Wildman–Crippen LogP) is 3.36. The van der Waals surface area contributed by atoms with Gasteiger partial charge in [0.2, 0.25) is 5.52 Å². The number of nitrogens with zero attached hydrogens (tertiary/aromatic N) is 2. The maximum Gasteiger partial charge on any atom is 0.213 e. The lowest BCUT2D eigenvalue weighted by molar-refractivity contribution is -0.671. The molecule has 2 heterocycles. The number of aryl methyl sites for hydroxylation is 1. The third-order valence-electron chi connectivity index (χ3n) is 4.80. The molecule has 1 aliphatic rings. The first-order valence-corrected chi connectivity index (χ1v) is 9.95. The molecule has 3 aromatic rings. The van der Waals surface area contributed by atoms with Crippen molar-refractivity contribution in [2.75, 3.05) is 11.9 Å². The summed E-state index contributed by atoms with van der Waals surface area (Å²) < 4.78 is 1.96. The largest absolute Gasteiger partial charge is 0.550 e. The number of carbonyl (C=O) groups excluding carboxylic acids is 1. The van der Waals surface area contributed by atoms with Gasteiger partial charge < -0.3 is 14.8 Å². The molecule has 0 spiro atoms. The summed E-state index contributed by atoms with van der Waals surface area (Å²) >= 11 is 1.76. The van der Waals surface area contributed by atoms with Crippen molar-refractivity contribution in [1.29, 1.82) is 0 Å². The lowest BCUT2D eigenvalue weighted by Gasteiger charge is -2.12. The maximum absolute atomic E-state index is 10.8. The third kappa shape index (κ3) is 3.66. The first kappa shape index (κ1) is 18.3. The van der Waals surface area contributed by atoms with E-state index in [4.69, 9.17) is 0 Å². The molecule has 140 valence electrons. The number of carboxylic acids is 1. The number of rotatable bonds is 5. The lowest BCUT2D eigenvalue weighted by atomic mass is 10.1. The first-order chi connectivity index (χ1) is 13.6. The number of anilines is 1. The second-order valence-corrected chi connectivity index (χ2v) is 7.66. The molecular weight excluding hydrogens is 368 g/mol. The molecule has 0 unspecified atom stereocenters. The number of para-hydroxylation sites is 2. The Morgan fingerprint density at radius 1 is 1.14 bits per heavy atom. The summed E-state index contributed by atoms with van der Waals surface area (Å²) in [5, 5.41) is 13.1. The molecule has 0 radical (unpaired) electrons. The normalized spacial score (nSPS) is 14.9. The van der Waals surface area contributed by atoms with E-state index in [-0.39, 0.29) is 6.42 Å². The number of benzene rings is 2. The number of allylic oxidation sites excluding steroid dienone is 2. The molecule has 1 aromatic heterocycles. The van der Waals surface area contributed by atoms with E-state index in [9.17, 15) is 9.90 Å². The van der Waals surface area contributed by atoms with Crippen LogP contribution in [-0.2, 0) is 11.3 Å². The highest BCUT2D eigenvalue weighted by molar-refractivity contribution is 8.03. The van der Waals surface area contributed by atoms with E-state index < -0.39 is 5.97 Å². The molecule has 5 heteroatoms. The van der Waals surface area contributed by atoms with Gasteiger partial charge in [-0.3, -0.25) is 0 Å². The zero-order valence-electron chi connectivity index (χ0n) is 15.5. The number of carboxylic acid groups (broad SMARTS) is 1. The van der Waals surface area contributed by atoms with Gasteiger partial charge in [0.15, 0.2) is 12.7 Å². The van der Waals surface area contributed by atoms with E-state index in [1.807, 2.05) is 35.0 Å². The average Bonchev–Trinajstić information content (AvgIpc) is 3.03. The summed E-state index contributed by atoms with van der Waals surface area (Å²) in [6.07, 6.45) is 8.22. The van der Waals surface area contributed by atoms with Crippen molar-refractivity contribution in [2.24, 2.45) is 0 Å². The van der Waals surface area contributed by atoms with E-state index in [1.165, 1.54) is 15.6 Å². The number of pyridine rings is 1. The zero-order chi connectivity index (χ0) is 19.5. The van der Waals surface area contributed by atoms with Gasteiger partial charge in [0.25, 0.3) is 0 Å². The van der Waals surface area contributed by atoms with Gasteiger partial charge in [-0.2, -0.15) is 4.57 Å². The van der Waals surface area contributed by atoms with Gasteiger partial charge in [-0.25, -0.2) is 0 Å². The molecule has 0 saturated carbocycles. The van der Waals surface area contributed by atoms with Crippen LogP contribution in [0.15, 0.2) is 82.9 Å². The lowest BCUT2D eigenvalue weighted by Crippen LogP contribution is -2.37. The van der Waals surface area contributed by atoms with Gasteiger partial charge in [-0.15, -0.1) is 0 Å². The molecule has 0 atom stereocenters. The van der Waals surface area contributed by atoms with Crippen molar-refractivity contribution in [3.63, 3.8) is 0 Å². The fourth-order valence-electron chi connectivity index (χ4n) is 3.36. The van der Waals surface area contributed by atoms with Gasteiger partial charge >= 0.3 is 0 Å². The van der Waals surface area contributed by atoms with E-state index in [1.54, 1.807) is 11.8 Å². The number of carbonyl (C=O) groups is 1. The smallest absolute Gasteiger partial charge is 0.213 e. The Hall–Kier alpha value is -3.05. The van der Waals surface area contributed by atoms with Gasteiger partial charge in [-0.1, -0.05) is 48.2 Å². The second-order valence-electron chi connectivity index (χ2n) is 6.60. The van der Waals surface area contributed by atoms with Crippen molar-refractivity contribution in [3.05, 3.63) is 83.5 Å². The molecule has 0 fully saturated rings. The summed E-state index contributed by atoms with van der Waals surface area (Å²) in [6.45, 7) is 0.399. The molecule has 1 aliphatic heterocycles. The fourth-order valence-corrected chi connectivity index (χ4v) is 4.42. The van der Waals surface area contributed by atoms with E-state index in [2.05, 4.69) is 60.5 Å². The molecule has 4 nitrogen and oxygen atoms in total. The van der Waals surface area contributed by atoms with E-state index >= 15 is 0 Å². The number of aliphatic carboxylic acids is 1. The van der Waals surface area contributed by atoms with Crippen LogP contribution in [0, 0.1) is 0 Å². The Morgan fingerprint density at radius 3 is 2.75 bits per heavy atom. The van der Waals surface area contributed by atoms with Gasteiger partial charge in [0.1, 0.15) is 0 Å². The Labute approximate surface area is 168 Å². The van der Waals surface area contributed by atoms with Gasteiger partial charge in [0.05, 0.1) is 16.1 Å². The highest BCUT2D eigenvalue weighted by Crippen LogP contribution is 2.44. The Bertz CT molecular complexity index is 1100. The number of fused-ring (bicyclic) bond motifs is 2. The fraction of sp³-hybridized carbons (Fsp3) is 0.130. The second kappa shape index (κ2) is 7.90. The zero-order valence-corrected chi connectivity index (χ0v) is 16.4. The van der Waals surface area contributed by atoms with Crippen molar-refractivity contribution < 1.29 is 14.5 Å². The molecule has 28 heavy (non-hydrogen) atoms. The van der Waals surface area contributed by atoms with Gasteiger partial charge in [-0.05, 0) is 29.8 Å². The monoisotopic (exact) mass is 388 g/mol. The number of aromatic nitrogens is 1. The summed E-state index contributed by atoms with van der Waals surface area (Å²) in [7, 11) is 2.08. The minimum Gasteiger partial charge on any atom is -0.550 e. The highest BCUT2D eigenvalue weighted by atomic mass is 32.2. The highest BCUT2D eigenvalue weighted by Gasteiger charge is 2.20. The Morgan fingerprint density at radius 2 is 1.93 bits per heavy atom. The van der Waals surface area contributed by atoms with Crippen molar-refractivity contribution >= 4 is 40.4 Å².